The third-order valence-corrected chi connectivity index (χ3v) is 4.43. The molecule has 1 fully saturated rings. The van der Waals surface area contributed by atoms with Gasteiger partial charge in [-0.3, -0.25) is 4.79 Å². The highest BCUT2D eigenvalue weighted by molar-refractivity contribution is 5.86. The van der Waals surface area contributed by atoms with Crippen molar-refractivity contribution in [1.82, 2.24) is 4.98 Å². The fourth-order valence-electron chi connectivity index (χ4n) is 3.35. The van der Waals surface area contributed by atoms with Crippen LogP contribution in [0.1, 0.15) is 25.3 Å². The smallest absolute Gasteiger partial charge is 0.360 e. The Hall–Kier alpha value is -2.12. The summed E-state index contributed by atoms with van der Waals surface area (Å²) in [7, 11) is 0. The van der Waals surface area contributed by atoms with Crippen molar-refractivity contribution in [1.29, 1.82) is 0 Å². The molecule has 130 valence electrons. The molecule has 2 atom stereocenters. The number of alkyl halides is 5. The van der Waals surface area contributed by atoms with E-state index >= 15 is 0 Å². The van der Waals surface area contributed by atoms with Gasteiger partial charge in [0.15, 0.2) is 0 Å². The van der Waals surface area contributed by atoms with Crippen molar-refractivity contribution in [2.75, 3.05) is 4.90 Å². The van der Waals surface area contributed by atoms with E-state index in [1.54, 1.807) is 6.92 Å². The number of pyridine rings is 1. The van der Waals surface area contributed by atoms with Gasteiger partial charge in [0.2, 0.25) is 5.56 Å². The monoisotopic (exact) mass is 346 g/mol. The van der Waals surface area contributed by atoms with E-state index in [4.69, 9.17) is 0 Å². The Morgan fingerprint density at radius 1 is 1.21 bits per heavy atom. The Balaban J connectivity index is 2.18. The number of H-pyrrole nitrogens is 1. The number of fused-ring (bicyclic) bond motifs is 1. The Labute approximate surface area is 134 Å². The summed E-state index contributed by atoms with van der Waals surface area (Å²) >= 11 is 0. The van der Waals surface area contributed by atoms with Crippen molar-refractivity contribution in [2.24, 2.45) is 0 Å². The maximum Gasteiger partial charge on any atom is 0.417 e. The van der Waals surface area contributed by atoms with Gasteiger partial charge in [-0.25, -0.2) is 8.78 Å². The molecule has 0 saturated carbocycles. The first-order chi connectivity index (χ1) is 11.2. The summed E-state index contributed by atoms with van der Waals surface area (Å²) in [5.74, 6) is 0. The van der Waals surface area contributed by atoms with Crippen LogP contribution in [0.4, 0.5) is 27.6 Å². The Bertz CT molecular complexity index is 814. The molecule has 24 heavy (non-hydrogen) atoms. The molecular weight excluding hydrogens is 331 g/mol. The molecule has 1 aromatic carbocycles. The number of aromatic amines is 1. The van der Waals surface area contributed by atoms with E-state index < -0.39 is 29.8 Å². The first-order valence-electron chi connectivity index (χ1n) is 7.49. The van der Waals surface area contributed by atoms with E-state index in [1.807, 2.05) is 0 Å². The normalized spacial score (nSPS) is 21.9. The number of anilines is 1. The van der Waals surface area contributed by atoms with Gasteiger partial charge in [-0.05, 0) is 38.0 Å². The molecule has 2 aromatic rings. The van der Waals surface area contributed by atoms with Gasteiger partial charge in [0, 0.05) is 28.7 Å². The fraction of sp³-hybridized carbons (Fsp3) is 0.438. The van der Waals surface area contributed by atoms with E-state index in [1.165, 1.54) is 23.1 Å². The molecule has 0 radical (unpaired) electrons. The number of nitrogens with one attached hydrogen (secondary N) is 1. The zero-order chi connectivity index (χ0) is 17.6. The quantitative estimate of drug-likeness (QED) is 0.829. The van der Waals surface area contributed by atoms with Gasteiger partial charge >= 0.3 is 6.18 Å². The second-order valence-electron chi connectivity index (χ2n) is 6.01. The molecule has 1 aliphatic rings. The van der Waals surface area contributed by atoms with Crippen LogP contribution < -0.4 is 10.5 Å². The van der Waals surface area contributed by atoms with Crippen LogP contribution in [0, 0.1) is 0 Å². The lowest BCUT2D eigenvalue weighted by molar-refractivity contribution is -0.136. The predicted octanol–water partition coefficient (Wildman–Crippen LogP) is 4.17. The van der Waals surface area contributed by atoms with Gasteiger partial charge in [0.05, 0.1) is 11.6 Å². The summed E-state index contributed by atoms with van der Waals surface area (Å²) < 4.78 is 66.0. The summed E-state index contributed by atoms with van der Waals surface area (Å²) in [5, 5.41) is -0.202. The molecule has 1 aliphatic heterocycles. The third kappa shape index (κ3) is 2.85. The van der Waals surface area contributed by atoms with Gasteiger partial charge in [-0.15, -0.1) is 0 Å². The first kappa shape index (κ1) is 16.7. The summed E-state index contributed by atoms with van der Waals surface area (Å²) in [5.41, 5.74) is -1.60. The van der Waals surface area contributed by atoms with Gasteiger partial charge in [-0.2, -0.15) is 13.2 Å². The summed E-state index contributed by atoms with van der Waals surface area (Å²) in [6, 6.07) is 3.30. The van der Waals surface area contributed by atoms with Crippen LogP contribution in [0.2, 0.25) is 0 Å². The van der Waals surface area contributed by atoms with E-state index in [0.29, 0.717) is 18.2 Å². The number of hydrogen-bond acceptors (Lipinski definition) is 2. The lowest BCUT2D eigenvalue weighted by Gasteiger charge is -2.30. The van der Waals surface area contributed by atoms with Gasteiger partial charge in [-0.1, -0.05) is 0 Å². The first-order valence-corrected chi connectivity index (χ1v) is 7.49. The summed E-state index contributed by atoms with van der Waals surface area (Å²) in [4.78, 5) is 15.2. The molecule has 0 aliphatic carbocycles. The molecule has 1 saturated heterocycles. The zero-order valence-corrected chi connectivity index (χ0v) is 12.7. The van der Waals surface area contributed by atoms with Crippen LogP contribution in [-0.4, -0.2) is 23.5 Å². The number of aromatic nitrogens is 1. The molecule has 3 rings (SSSR count). The molecule has 3 nitrogen and oxygen atoms in total. The van der Waals surface area contributed by atoms with Crippen molar-refractivity contribution in [3.05, 3.63) is 40.2 Å². The number of benzene rings is 1. The molecule has 0 unspecified atom stereocenters. The largest absolute Gasteiger partial charge is 0.417 e. The van der Waals surface area contributed by atoms with Gasteiger partial charge < -0.3 is 9.88 Å². The van der Waals surface area contributed by atoms with Crippen molar-refractivity contribution in [3.8, 4) is 0 Å². The summed E-state index contributed by atoms with van der Waals surface area (Å²) in [6.07, 6.45) is -6.45. The Morgan fingerprint density at radius 3 is 2.54 bits per heavy atom. The minimum atomic E-state index is -4.70. The van der Waals surface area contributed by atoms with Crippen LogP contribution in [0.3, 0.4) is 0 Å². The number of hydrogen-bond donors (Lipinski definition) is 1. The maximum atomic E-state index is 13.2. The average molecular weight is 346 g/mol. The lowest BCUT2D eigenvalue weighted by atomic mass is 10.1. The van der Waals surface area contributed by atoms with Crippen molar-refractivity contribution in [2.45, 2.75) is 44.5 Å². The molecule has 0 bridgehead atoms. The van der Waals surface area contributed by atoms with Crippen molar-refractivity contribution in [3.63, 3.8) is 0 Å². The molecule has 1 N–H and O–H groups in total. The van der Waals surface area contributed by atoms with Crippen LogP contribution in [0.25, 0.3) is 10.9 Å². The predicted molar refractivity (Wildman–Crippen MR) is 80.5 cm³/mol. The SMILES string of the molecule is C[C@@H]1CC[C@H](C(F)F)N1c1ccc2[nH]c(=O)cc(C(F)(F)F)c2c1. The minimum absolute atomic E-state index is 0.0269. The minimum Gasteiger partial charge on any atom is -0.360 e. The molecule has 8 heteroatoms. The Morgan fingerprint density at radius 2 is 1.92 bits per heavy atom. The highest BCUT2D eigenvalue weighted by Gasteiger charge is 2.38. The van der Waals surface area contributed by atoms with Crippen molar-refractivity contribution < 1.29 is 22.0 Å². The van der Waals surface area contributed by atoms with Crippen LogP contribution >= 0.6 is 0 Å². The van der Waals surface area contributed by atoms with E-state index in [9.17, 15) is 26.7 Å². The highest BCUT2D eigenvalue weighted by Crippen LogP contribution is 2.38. The molecule has 0 spiro atoms. The maximum absolute atomic E-state index is 13.2. The number of rotatable bonds is 2. The van der Waals surface area contributed by atoms with E-state index in [0.717, 1.165) is 0 Å². The second-order valence-corrected chi connectivity index (χ2v) is 6.01. The molecular formula is C16H15F5N2O. The zero-order valence-electron chi connectivity index (χ0n) is 12.7. The number of nitrogens with zero attached hydrogens (tertiary/aromatic N) is 1. The standard InChI is InChI=1S/C16H15F5N2O/c1-8-2-5-13(15(17)18)23(8)9-3-4-12-10(6-9)11(16(19,20)21)7-14(24)22-12/h3-4,6-8,13,15H,2,5H2,1H3,(H,22,24)/t8-,13-/m1/s1. The van der Waals surface area contributed by atoms with E-state index in [2.05, 4.69) is 4.98 Å². The molecule has 2 heterocycles. The molecule has 1 aromatic heterocycles. The highest BCUT2D eigenvalue weighted by atomic mass is 19.4. The fourth-order valence-corrected chi connectivity index (χ4v) is 3.35. The second kappa shape index (κ2) is 5.75. The van der Waals surface area contributed by atoms with Gasteiger partial charge in [0.25, 0.3) is 6.43 Å². The van der Waals surface area contributed by atoms with Gasteiger partial charge in [0.1, 0.15) is 0 Å². The Kier molecular flexibility index (Phi) is 4.01. The summed E-state index contributed by atoms with van der Waals surface area (Å²) in [6.45, 7) is 1.77. The molecule has 0 amide bonds. The number of halogens is 5. The van der Waals surface area contributed by atoms with Crippen molar-refractivity contribution >= 4 is 16.6 Å². The third-order valence-electron chi connectivity index (χ3n) is 4.43. The van der Waals surface area contributed by atoms with E-state index in [-0.39, 0.29) is 23.4 Å². The van der Waals surface area contributed by atoms with Crippen LogP contribution in [0.5, 0.6) is 0 Å². The lowest BCUT2D eigenvalue weighted by Crippen LogP contribution is -2.39. The topological polar surface area (TPSA) is 36.1 Å². The van der Waals surface area contributed by atoms with Crippen LogP contribution in [-0.2, 0) is 6.18 Å². The average Bonchev–Trinajstić information content (AvgIpc) is 2.87. The van der Waals surface area contributed by atoms with Crippen LogP contribution in [0.15, 0.2) is 29.1 Å².